The summed E-state index contributed by atoms with van der Waals surface area (Å²) in [5.41, 5.74) is 8.44. The highest BCUT2D eigenvalue weighted by molar-refractivity contribution is 6.15. The summed E-state index contributed by atoms with van der Waals surface area (Å²) in [7, 11) is 1.69. The highest BCUT2D eigenvalue weighted by atomic mass is 16.5. The summed E-state index contributed by atoms with van der Waals surface area (Å²) in [6.45, 7) is 4.24. The van der Waals surface area contributed by atoms with Crippen molar-refractivity contribution in [3.05, 3.63) is 82.8 Å². The number of nitrogens with zero attached hydrogens (tertiary/aromatic N) is 1. The molecule has 0 spiro atoms. The quantitative estimate of drug-likeness (QED) is 0.672. The molecule has 0 amide bonds. The SMILES string of the molecule is COc1cc(-c2ccc[nH]2)[nH]c1/C=C1/N=C(c2ccccc2)C(C)=C1C. The zero-order valence-corrected chi connectivity index (χ0v) is 15.1. The fraction of sp³-hybridized carbons (Fsp3) is 0.136. The van der Waals surface area contributed by atoms with Crippen LogP contribution < -0.4 is 4.74 Å². The van der Waals surface area contributed by atoms with Crippen LogP contribution in [0, 0.1) is 0 Å². The number of ether oxygens (including phenoxy) is 1. The molecular formula is C22H21N3O. The molecule has 130 valence electrons. The number of aliphatic imine (C=N–C) groups is 1. The molecule has 4 rings (SSSR count). The van der Waals surface area contributed by atoms with Gasteiger partial charge in [-0.25, -0.2) is 4.99 Å². The molecule has 0 aliphatic carbocycles. The molecule has 3 aromatic rings. The minimum absolute atomic E-state index is 0.802. The number of aromatic amines is 2. The van der Waals surface area contributed by atoms with E-state index in [2.05, 4.69) is 42.0 Å². The lowest BCUT2D eigenvalue weighted by Crippen LogP contribution is -1.98. The first-order valence-corrected chi connectivity index (χ1v) is 8.62. The molecule has 1 aromatic carbocycles. The van der Waals surface area contributed by atoms with Gasteiger partial charge in [-0.05, 0) is 43.2 Å². The second-order valence-corrected chi connectivity index (χ2v) is 6.35. The average Bonchev–Trinajstić information content (AvgIpc) is 3.38. The van der Waals surface area contributed by atoms with Gasteiger partial charge in [0, 0.05) is 17.8 Å². The Labute approximate surface area is 153 Å². The van der Waals surface area contributed by atoms with E-state index in [0.29, 0.717) is 0 Å². The summed E-state index contributed by atoms with van der Waals surface area (Å²) >= 11 is 0. The van der Waals surface area contributed by atoms with Gasteiger partial charge in [0.1, 0.15) is 5.75 Å². The van der Waals surface area contributed by atoms with Crippen LogP contribution in [-0.2, 0) is 0 Å². The Morgan fingerprint density at radius 1 is 0.962 bits per heavy atom. The minimum Gasteiger partial charge on any atom is -0.494 e. The standard InChI is InChI=1S/C22H21N3O/c1-14-15(2)22(16-8-5-4-6-9-16)25-18(14)12-20-21(26-3)13-19(24-20)17-10-7-11-23-17/h4-13,23-24H,1-3H3/b18-12+. The van der Waals surface area contributed by atoms with E-state index < -0.39 is 0 Å². The average molecular weight is 343 g/mol. The second-order valence-electron chi connectivity index (χ2n) is 6.35. The molecule has 4 nitrogen and oxygen atoms in total. The molecule has 1 aliphatic heterocycles. The number of benzene rings is 1. The first-order valence-electron chi connectivity index (χ1n) is 8.62. The molecule has 0 fully saturated rings. The highest BCUT2D eigenvalue weighted by Crippen LogP contribution is 2.33. The van der Waals surface area contributed by atoms with Gasteiger partial charge in [0.2, 0.25) is 0 Å². The van der Waals surface area contributed by atoms with Gasteiger partial charge in [-0.1, -0.05) is 30.3 Å². The van der Waals surface area contributed by atoms with E-state index in [4.69, 9.17) is 9.73 Å². The molecule has 2 N–H and O–H groups in total. The Morgan fingerprint density at radius 3 is 2.46 bits per heavy atom. The molecule has 0 saturated heterocycles. The maximum Gasteiger partial charge on any atom is 0.144 e. The van der Waals surface area contributed by atoms with E-state index in [1.165, 1.54) is 11.1 Å². The van der Waals surface area contributed by atoms with Crippen molar-refractivity contribution in [2.24, 2.45) is 4.99 Å². The molecule has 1 aliphatic rings. The van der Waals surface area contributed by atoms with Crippen LogP contribution in [-0.4, -0.2) is 22.8 Å². The molecule has 0 bridgehead atoms. The van der Waals surface area contributed by atoms with Crippen LogP contribution in [0.2, 0.25) is 0 Å². The van der Waals surface area contributed by atoms with Gasteiger partial charge < -0.3 is 14.7 Å². The van der Waals surface area contributed by atoms with E-state index in [9.17, 15) is 0 Å². The lowest BCUT2D eigenvalue weighted by atomic mass is 10.0. The largest absolute Gasteiger partial charge is 0.494 e. The lowest BCUT2D eigenvalue weighted by molar-refractivity contribution is 0.414. The molecule has 0 radical (unpaired) electrons. The number of methoxy groups -OCH3 is 1. The Kier molecular flexibility index (Phi) is 4.09. The first-order chi connectivity index (χ1) is 12.7. The van der Waals surface area contributed by atoms with E-state index >= 15 is 0 Å². The van der Waals surface area contributed by atoms with Crippen LogP contribution in [0.4, 0.5) is 0 Å². The Balaban J connectivity index is 1.76. The van der Waals surface area contributed by atoms with Gasteiger partial charge in [-0.2, -0.15) is 0 Å². The summed E-state index contributed by atoms with van der Waals surface area (Å²) in [5.74, 6) is 0.802. The number of rotatable bonds is 4. The third kappa shape index (κ3) is 2.80. The van der Waals surface area contributed by atoms with Crippen molar-refractivity contribution in [2.45, 2.75) is 13.8 Å². The summed E-state index contributed by atoms with van der Waals surface area (Å²) in [6, 6.07) is 16.3. The normalized spacial score (nSPS) is 15.7. The van der Waals surface area contributed by atoms with Crippen molar-refractivity contribution in [3.63, 3.8) is 0 Å². The predicted octanol–water partition coefficient (Wildman–Crippen LogP) is 5.20. The number of hydrogen-bond acceptors (Lipinski definition) is 2. The molecular weight excluding hydrogens is 322 g/mol. The van der Waals surface area contributed by atoms with Gasteiger partial charge in [-0.3, -0.25) is 0 Å². The highest BCUT2D eigenvalue weighted by Gasteiger charge is 2.19. The van der Waals surface area contributed by atoms with Gasteiger partial charge in [0.05, 0.1) is 35.6 Å². The smallest absolute Gasteiger partial charge is 0.144 e. The van der Waals surface area contributed by atoms with Crippen LogP contribution in [0.3, 0.4) is 0 Å². The van der Waals surface area contributed by atoms with Crippen molar-refractivity contribution in [2.75, 3.05) is 7.11 Å². The van der Waals surface area contributed by atoms with Gasteiger partial charge in [-0.15, -0.1) is 0 Å². The maximum atomic E-state index is 5.55. The molecule has 0 saturated carbocycles. The minimum atomic E-state index is 0.802. The van der Waals surface area contributed by atoms with Crippen molar-refractivity contribution in [3.8, 4) is 17.1 Å². The first kappa shape index (κ1) is 16.2. The van der Waals surface area contributed by atoms with E-state index in [-0.39, 0.29) is 0 Å². The van der Waals surface area contributed by atoms with Crippen LogP contribution in [0.15, 0.2) is 76.6 Å². The molecule has 0 atom stereocenters. The van der Waals surface area contributed by atoms with Crippen LogP contribution >= 0.6 is 0 Å². The lowest BCUT2D eigenvalue weighted by Gasteiger charge is -2.01. The van der Waals surface area contributed by atoms with Gasteiger partial charge in [0.25, 0.3) is 0 Å². The Morgan fingerprint density at radius 2 is 1.77 bits per heavy atom. The summed E-state index contributed by atoms with van der Waals surface area (Å²) in [5, 5.41) is 0. The maximum absolute atomic E-state index is 5.55. The van der Waals surface area contributed by atoms with E-state index in [0.717, 1.165) is 39.8 Å². The van der Waals surface area contributed by atoms with Crippen molar-refractivity contribution in [1.29, 1.82) is 0 Å². The fourth-order valence-corrected chi connectivity index (χ4v) is 3.18. The molecule has 4 heteroatoms. The molecule has 2 aromatic heterocycles. The number of H-pyrrole nitrogens is 2. The van der Waals surface area contributed by atoms with Crippen LogP contribution in [0.5, 0.6) is 5.75 Å². The van der Waals surface area contributed by atoms with E-state index in [1.54, 1.807) is 7.11 Å². The summed E-state index contributed by atoms with van der Waals surface area (Å²) < 4.78 is 5.55. The molecule has 0 unspecified atom stereocenters. The fourth-order valence-electron chi connectivity index (χ4n) is 3.18. The summed E-state index contributed by atoms with van der Waals surface area (Å²) in [4.78, 5) is 11.5. The van der Waals surface area contributed by atoms with Crippen molar-refractivity contribution >= 4 is 11.8 Å². The predicted molar refractivity (Wildman–Crippen MR) is 106 cm³/mol. The number of nitrogens with one attached hydrogen (secondary N) is 2. The van der Waals surface area contributed by atoms with Crippen LogP contribution in [0.1, 0.15) is 25.1 Å². The third-order valence-corrected chi connectivity index (χ3v) is 4.78. The van der Waals surface area contributed by atoms with Crippen LogP contribution in [0.25, 0.3) is 17.5 Å². The number of allylic oxidation sites excluding steroid dienone is 2. The van der Waals surface area contributed by atoms with E-state index in [1.807, 2.05) is 42.6 Å². The zero-order valence-electron chi connectivity index (χ0n) is 15.1. The molecule has 26 heavy (non-hydrogen) atoms. The zero-order chi connectivity index (χ0) is 18.1. The number of hydrogen-bond donors (Lipinski definition) is 2. The number of aromatic nitrogens is 2. The molecule has 3 heterocycles. The van der Waals surface area contributed by atoms with Crippen molar-refractivity contribution in [1.82, 2.24) is 9.97 Å². The Hall–Kier alpha value is -3.27. The second kappa shape index (κ2) is 6.56. The van der Waals surface area contributed by atoms with Gasteiger partial charge >= 0.3 is 0 Å². The monoisotopic (exact) mass is 343 g/mol. The Bertz CT molecular complexity index is 1020. The third-order valence-electron chi connectivity index (χ3n) is 4.78. The van der Waals surface area contributed by atoms with Gasteiger partial charge in [0.15, 0.2) is 0 Å². The summed E-state index contributed by atoms with van der Waals surface area (Å²) in [6.07, 6.45) is 3.96. The van der Waals surface area contributed by atoms with Crippen molar-refractivity contribution < 1.29 is 4.74 Å². The topological polar surface area (TPSA) is 53.2 Å².